The Morgan fingerprint density at radius 1 is 1.43 bits per heavy atom. The zero-order valence-corrected chi connectivity index (χ0v) is 19.7. The fourth-order valence-electron chi connectivity index (χ4n) is 2.39. The third-order valence-electron chi connectivity index (χ3n) is 3.69. The first-order chi connectivity index (χ1) is 12.8. The predicted molar refractivity (Wildman–Crippen MR) is 96.3 cm³/mol. The number of nitrogens with zero attached hydrogens (tertiary/aromatic N) is 2. The van der Waals surface area contributed by atoms with Crippen LogP contribution in [0.5, 0.6) is 11.6 Å². The number of pyridine rings is 1. The van der Waals surface area contributed by atoms with Crippen molar-refractivity contribution in [3.8, 4) is 11.6 Å². The van der Waals surface area contributed by atoms with Crippen LogP contribution in [0.25, 0.3) is 4.72 Å². The number of aliphatic hydroxyl groups is 1. The number of fused-ring (bicyclic) bond motifs is 1. The van der Waals surface area contributed by atoms with Crippen LogP contribution in [0, 0.1) is 0 Å². The summed E-state index contributed by atoms with van der Waals surface area (Å²) in [5.74, 6) is -0.443. The number of halogens is 1. The Morgan fingerprint density at radius 3 is 2.86 bits per heavy atom. The predicted octanol–water partition coefficient (Wildman–Crippen LogP) is -1.38. The molecule has 0 fully saturated rings. The van der Waals surface area contributed by atoms with Gasteiger partial charge in [-0.05, 0) is 18.2 Å². The maximum atomic E-state index is 12.7. The zero-order valence-electron chi connectivity index (χ0n) is 15.0. The van der Waals surface area contributed by atoms with E-state index in [0.29, 0.717) is 0 Å². The largest absolute Gasteiger partial charge is 1.00 e. The standard InChI is InChI=1S/C16H15ClN3O6S.K/c1-25-13-3-2-9(17)4-14(13)27(23,24)20-10-5-12-15(22)19-11(7-21)8-26-16(12)18-6-10;/h2-6,11,21H,7-8H2,1H3,(H,19,22);/q-1;+1/t11-;/m0./s1. The molecule has 9 nitrogen and oxygen atoms in total. The van der Waals surface area contributed by atoms with E-state index in [-0.39, 0.29) is 97.4 Å². The fraction of sp³-hybridized carbons (Fsp3) is 0.250. The van der Waals surface area contributed by atoms with E-state index in [1.165, 1.54) is 37.6 Å². The SMILES string of the molecule is COc1ccc(Cl)cc1S(=O)(=O)[N-]c1cnc2c(c1)C(=O)N[C@@H](CO)CO2.[K+]. The van der Waals surface area contributed by atoms with Crippen molar-refractivity contribution in [2.24, 2.45) is 0 Å². The van der Waals surface area contributed by atoms with E-state index in [9.17, 15) is 18.3 Å². The van der Waals surface area contributed by atoms with Gasteiger partial charge >= 0.3 is 51.4 Å². The average Bonchev–Trinajstić information content (AvgIpc) is 2.80. The van der Waals surface area contributed by atoms with Gasteiger partial charge in [-0.1, -0.05) is 17.7 Å². The van der Waals surface area contributed by atoms with Crippen LogP contribution in [0.15, 0.2) is 35.4 Å². The van der Waals surface area contributed by atoms with Gasteiger partial charge in [-0.25, -0.2) is 13.4 Å². The topological polar surface area (TPSA) is 129 Å². The van der Waals surface area contributed by atoms with Crippen molar-refractivity contribution in [2.75, 3.05) is 20.3 Å². The van der Waals surface area contributed by atoms with Crippen LogP contribution in [-0.4, -0.2) is 50.8 Å². The molecule has 1 aromatic heterocycles. The molecule has 3 rings (SSSR count). The molecule has 28 heavy (non-hydrogen) atoms. The number of carbonyl (C=O) groups excluding carboxylic acids is 1. The van der Waals surface area contributed by atoms with E-state index in [1.54, 1.807) is 0 Å². The van der Waals surface area contributed by atoms with Crippen LogP contribution in [0.2, 0.25) is 5.02 Å². The molecule has 2 aromatic rings. The number of benzene rings is 1. The van der Waals surface area contributed by atoms with Gasteiger partial charge in [-0.3, -0.25) is 4.79 Å². The number of hydrogen-bond acceptors (Lipinski definition) is 7. The van der Waals surface area contributed by atoms with Crippen LogP contribution in [0.4, 0.5) is 5.69 Å². The number of hydrogen-bond donors (Lipinski definition) is 2. The average molecular weight is 452 g/mol. The molecule has 2 N–H and O–H groups in total. The van der Waals surface area contributed by atoms with Gasteiger partial charge in [0.1, 0.15) is 27.9 Å². The van der Waals surface area contributed by atoms with E-state index in [2.05, 4.69) is 15.0 Å². The Bertz CT molecular complexity index is 988. The molecule has 0 saturated heterocycles. The summed E-state index contributed by atoms with van der Waals surface area (Å²) in [7, 11) is -2.86. The molecule has 0 radical (unpaired) electrons. The summed E-state index contributed by atoms with van der Waals surface area (Å²) in [6, 6.07) is 4.77. The third-order valence-corrected chi connectivity index (χ3v) is 5.25. The second-order valence-electron chi connectivity index (χ2n) is 5.57. The molecule has 144 valence electrons. The van der Waals surface area contributed by atoms with Crippen molar-refractivity contribution in [1.82, 2.24) is 10.3 Å². The van der Waals surface area contributed by atoms with Gasteiger partial charge in [0, 0.05) is 11.2 Å². The summed E-state index contributed by atoms with van der Waals surface area (Å²) in [4.78, 5) is 16.0. The second kappa shape index (κ2) is 9.72. The van der Waals surface area contributed by atoms with Crippen molar-refractivity contribution in [2.45, 2.75) is 10.9 Å². The molecule has 12 heteroatoms. The molecular weight excluding hydrogens is 437 g/mol. The first-order valence-electron chi connectivity index (χ1n) is 7.70. The number of rotatable bonds is 5. The monoisotopic (exact) mass is 451 g/mol. The van der Waals surface area contributed by atoms with Crippen molar-refractivity contribution in [1.29, 1.82) is 0 Å². The number of amides is 1. The van der Waals surface area contributed by atoms with Gasteiger partial charge in [0.2, 0.25) is 5.88 Å². The van der Waals surface area contributed by atoms with Gasteiger partial charge in [0.25, 0.3) is 5.91 Å². The van der Waals surface area contributed by atoms with Gasteiger partial charge in [0.15, 0.2) is 0 Å². The minimum atomic E-state index is -4.18. The van der Waals surface area contributed by atoms with Crippen molar-refractivity contribution in [3.63, 3.8) is 0 Å². The molecule has 0 aliphatic carbocycles. The molecule has 1 atom stereocenters. The Hall–Kier alpha value is -0.924. The number of ether oxygens (including phenoxy) is 2. The summed E-state index contributed by atoms with van der Waals surface area (Å²) in [6.07, 6.45) is 1.17. The molecule has 1 aliphatic rings. The van der Waals surface area contributed by atoms with Crippen LogP contribution in [-0.2, 0) is 10.0 Å². The minimum absolute atomic E-state index is 0. The molecule has 0 unspecified atom stereocenters. The molecular formula is C16H15ClKN3O6S. The molecule has 1 aromatic carbocycles. The first kappa shape index (κ1) is 23.4. The molecule has 1 aliphatic heterocycles. The number of methoxy groups -OCH3 is 1. The summed E-state index contributed by atoms with van der Waals surface area (Å²) < 4.78 is 39.4. The van der Waals surface area contributed by atoms with Gasteiger partial charge in [0.05, 0.1) is 24.7 Å². The Morgan fingerprint density at radius 2 is 2.18 bits per heavy atom. The number of sulfonamides is 1. The molecule has 0 bridgehead atoms. The van der Waals surface area contributed by atoms with E-state index in [4.69, 9.17) is 21.1 Å². The molecule has 1 amide bonds. The number of aromatic nitrogens is 1. The smallest absolute Gasteiger partial charge is 0.571 e. The van der Waals surface area contributed by atoms with Crippen molar-refractivity contribution in [3.05, 3.63) is 45.8 Å². The molecule has 0 saturated carbocycles. The van der Waals surface area contributed by atoms with E-state index in [1.807, 2.05) is 0 Å². The summed E-state index contributed by atoms with van der Waals surface area (Å²) >= 11 is 5.88. The number of nitrogens with one attached hydrogen (secondary N) is 1. The summed E-state index contributed by atoms with van der Waals surface area (Å²) in [6.45, 7) is -0.267. The first-order valence-corrected chi connectivity index (χ1v) is 9.52. The van der Waals surface area contributed by atoms with Crippen LogP contribution >= 0.6 is 11.6 Å². The number of aliphatic hydroxyl groups excluding tert-OH is 1. The summed E-state index contributed by atoms with van der Waals surface area (Å²) in [5.41, 5.74) is -0.0579. The van der Waals surface area contributed by atoms with Gasteiger partial charge < -0.3 is 24.6 Å². The molecule has 0 spiro atoms. The van der Waals surface area contributed by atoms with E-state index in [0.717, 1.165) is 0 Å². The van der Waals surface area contributed by atoms with Gasteiger partial charge in [-0.2, -0.15) is 0 Å². The van der Waals surface area contributed by atoms with Crippen LogP contribution in [0.1, 0.15) is 10.4 Å². The third kappa shape index (κ3) is 5.16. The Balaban J connectivity index is 0.00000280. The maximum Gasteiger partial charge on any atom is 1.00 e. The van der Waals surface area contributed by atoms with E-state index < -0.39 is 22.0 Å². The van der Waals surface area contributed by atoms with Crippen LogP contribution < -0.4 is 66.2 Å². The zero-order chi connectivity index (χ0) is 19.6. The number of carbonyl (C=O) groups is 1. The van der Waals surface area contributed by atoms with Crippen LogP contribution in [0.3, 0.4) is 0 Å². The minimum Gasteiger partial charge on any atom is -0.571 e. The Kier molecular flexibility index (Phi) is 8.11. The quantitative estimate of drug-likeness (QED) is 0.536. The Labute approximate surface area is 209 Å². The van der Waals surface area contributed by atoms with Crippen molar-refractivity contribution < 1.29 is 79.2 Å². The molecule has 2 heterocycles. The normalized spacial score (nSPS) is 16.0. The van der Waals surface area contributed by atoms with Gasteiger partial charge in [-0.15, -0.1) is 5.69 Å². The van der Waals surface area contributed by atoms with Crippen molar-refractivity contribution >= 4 is 33.2 Å². The maximum absolute atomic E-state index is 12.7. The van der Waals surface area contributed by atoms with E-state index >= 15 is 0 Å². The second-order valence-corrected chi connectivity index (χ2v) is 7.58. The fourth-order valence-corrected chi connectivity index (χ4v) is 3.79. The summed E-state index contributed by atoms with van der Waals surface area (Å²) in [5, 5.41) is 11.9.